The van der Waals surface area contributed by atoms with Crippen molar-refractivity contribution in [2.24, 2.45) is 11.8 Å². The van der Waals surface area contributed by atoms with Gasteiger partial charge in [-0.05, 0) is 31.0 Å². The molecule has 0 aliphatic heterocycles. The molecule has 104 valence electrons. The normalized spacial score (nSPS) is 21.2. The summed E-state index contributed by atoms with van der Waals surface area (Å²) in [6, 6.07) is 6.51. The monoisotopic (exact) mass is 292 g/mol. The third-order valence-corrected chi connectivity index (χ3v) is 3.84. The van der Waals surface area contributed by atoms with E-state index in [1.54, 1.807) is 6.07 Å². The number of benzene rings is 1. The molecule has 2 N–H and O–H groups in total. The maximum atomic E-state index is 12.1. The Morgan fingerprint density at radius 2 is 2.05 bits per heavy atom. The summed E-state index contributed by atoms with van der Waals surface area (Å²) >= 11 is 5.88. The standard InChI is InChI=1S/C14H13ClN2O3/c15-12-6-9(5-4-8(12)7-16)17-13(18)10-2-1-3-11(10)14(19)20/h4-6,10-11H,1-3H2,(H,17,18)(H,19,20). The minimum absolute atomic E-state index is 0.256. The summed E-state index contributed by atoms with van der Waals surface area (Å²) in [6.45, 7) is 0. The van der Waals surface area contributed by atoms with Gasteiger partial charge in [-0.25, -0.2) is 0 Å². The first kappa shape index (κ1) is 14.4. The van der Waals surface area contributed by atoms with Crippen LogP contribution in [0, 0.1) is 23.2 Å². The molecule has 1 fully saturated rings. The fourth-order valence-corrected chi connectivity index (χ4v) is 2.71. The number of hydrogen-bond acceptors (Lipinski definition) is 3. The number of anilines is 1. The van der Waals surface area contributed by atoms with Gasteiger partial charge in [0, 0.05) is 5.69 Å². The zero-order chi connectivity index (χ0) is 14.7. The molecular formula is C14H13ClN2O3. The van der Waals surface area contributed by atoms with Crippen molar-refractivity contribution >= 4 is 29.2 Å². The lowest BCUT2D eigenvalue weighted by Gasteiger charge is -2.15. The second-order valence-electron chi connectivity index (χ2n) is 4.78. The Balaban J connectivity index is 2.10. The van der Waals surface area contributed by atoms with Gasteiger partial charge in [0.05, 0.1) is 22.4 Å². The minimum atomic E-state index is -0.930. The second-order valence-corrected chi connectivity index (χ2v) is 5.19. The molecule has 0 radical (unpaired) electrons. The smallest absolute Gasteiger partial charge is 0.307 e. The lowest BCUT2D eigenvalue weighted by atomic mass is 9.95. The Hall–Kier alpha value is -2.06. The average Bonchev–Trinajstić information content (AvgIpc) is 2.88. The fraction of sp³-hybridized carbons (Fsp3) is 0.357. The van der Waals surface area contributed by atoms with Gasteiger partial charge in [0.15, 0.2) is 0 Å². The number of nitriles is 1. The van der Waals surface area contributed by atoms with Gasteiger partial charge in [0.25, 0.3) is 0 Å². The third-order valence-electron chi connectivity index (χ3n) is 3.53. The number of carbonyl (C=O) groups is 2. The summed E-state index contributed by atoms with van der Waals surface area (Å²) in [7, 11) is 0. The van der Waals surface area contributed by atoms with Gasteiger partial charge in [-0.3, -0.25) is 9.59 Å². The number of nitrogens with one attached hydrogen (secondary N) is 1. The summed E-state index contributed by atoms with van der Waals surface area (Å²) in [5, 5.41) is 20.8. The number of aliphatic carboxylic acids is 1. The van der Waals surface area contributed by atoms with Gasteiger partial charge in [0.2, 0.25) is 5.91 Å². The summed E-state index contributed by atoms with van der Waals surface area (Å²) < 4.78 is 0. The van der Waals surface area contributed by atoms with Gasteiger partial charge in [-0.15, -0.1) is 0 Å². The zero-order valence-corrected chi connectivity index (χ0v) is 11.4. The first-order chi connectivity index (χ1) is 9.52. The van der Waals surface area contributed by atoms with Crippen molar-refractivity contribution in [3.8, 4) is 6.07 Å². The number of hydrogen-bond donors (Lipinski definition) is 2. The summed E-state index contributed by atoms with van der Waals surface area (Å²) in [5.41, 5.74) is 0.795. The van der Waals surface area contributed by atoms with E-state index in [2.05, 4.69) is 5.32 Å². The number of carboxylic acids is 1. The van der Waals surface area contributed by atoms with E-state index in [9.17, 15) is 9.59 Å². The maximum absolute atomic E-state index is 12.1. The molecule has 0 bridgehead atoms. The third kappa shape index (κ3) is 2.91. The largest absolute Gasteiger partial charge is 0.481 e. The molecule has 0 heterocycles. The van der Waals surface area contributed by atoms with Crippen molar-refractivity contribution < 1.29 is 14.7 Å². The highest BCUT2D eigenvalue weighted by molar-refractivity contribution is 6.32. The molecule has 0 aromatic heterocycles. The second kappa shape index (κ2) is 5.93. The summed E-state index contributed by atoms with van der Waals surface area (Å²) in [4.78, 5) is 23.2. The molecule has 2 rings (SSSR count). The lowest BCUT2D eigenvalue weighted by Crippen LogP contribution is -2.29. The van der Waals surface area contributed by atoms with Crippen LogP contribution in [0.4, 0.5) is 5.69 Å². The van der Waals surface area contributed by atoms with Gasteiger partial charge in [-0.1, -0.05) is 18.0 Å². The number of carbonyl (C=O) groups excluding carboxylic acids is 1. The Bertz CT molecular complexity index is 595. The van der Waals surface area contributed by atoms with Crippen molar-refractivity contribution in [2.45, 2.75) is 19.3 Å². The molecule has 1 saturated carbocycles. The van der Waals surface area contributed by atoms with Gasteiger partial charge >= 0.3 is 5.97 Å². The number of carboxylic acid groups (broad SMARTS) is 1. The van der Waals surface area contributed by atoms with E-state index in [4.69, 9.17) is 22.0 Å². The van der Waals surface area contributed by atoms with Gasteiger partial charge in [-0.2, -0.15) is 5.26 Å². The molecule has 1 aliphatic carbocycles. The highest BCUT2D eigenvalue weighted by Gasteiger charge is 2.37. The van der Waals surface area contributed by atoms with Crippen LogP contribution in [-0.2, 0) is 9.59 Å². The Kier molecular flexibility index (Phi) is 4.26. The van der Waals surface area contributed by atoms with E-state index in [-0.39, 0.29) is 10.9 Å². The van der Waals surface area contributed by atoms with E-state index in [0.29, 0.717) is 24.1 Å². The van der Waals surface area contributed by atoms with Crippen LogP contribution in [0.2, 0.25) is 5.02 Å². The van der Waals surface area contributed by atoms with Crippen molar-refractivity contribution in [1.29, 1.82) is 5.26 Å². The molecule has 1 aromatic rings. The molecule has 0 saturated heterocycles. The predicted molar refractivity (Wildman–Crippen MR) is 73.3 cm³/mol. The Morgan fingerprint density at radius 1 is 1.35 bits per heavy atom. The highest BCUT2D eigenvalue weighted by atomic mass is 35.5. The van der Waals surface area contributed by atoms with Crippen LogP contribution in [0.3, 0.4) is 0 Å². The highest BCUT2D eigenvalue weighted by Crippen LogP contribution is 2.33. The van der Waals surface area contributed by atoms with Gasteiger partial charge in [0.1, 0.15) is 6.07 Å². The van der Waals surface area contributed by atoms with E-state index < -0.39 is 17.8 Å². The SMILES string of the molecule is N#Cc1ccc(NC(=O)C2CCCC2C(=O)O)cc1Cl. The van der Waals surface area contributed by atoms with E-state index in [1.807, 2.05) is 6.07 Å². The van der Waals surface area contributed by atoms with E-state index in [1.165, 1.54) is 12.1 Å². The first-order valence-corrected chi connectivity index (χ1v) is 6.64. The zero-order valence-electron chi connectivity index (χ0n) is 10.6. The van der Waals surface area contributed by atoms with Gasteiger partial charge < -0.3 is 10.4 Å². The fourth-order valence-electron chi connectivity index (χ4n) is 2.49. The van der Waals surface area contributed by atoms with Crippen molar-refractivity contribution in [3.05, 3.63) is 28.8 Å². The molecule has 2 atom stereocenters. The Labute approximate surface area is 121 Å². The van der Waals surface area contributed by atoms with Crippen LogP contribution < -0.4 is 5.32 Å². The van der Waals surface area contributed by atoms with Crippen LogP contribution >= 0.6 is 11.6 Å². The number of halogens is 1. The average molecular weight is 293 g/mol. The molecule has 20 heavy (non-hydrogen) atoms. The number of nitrogens with zero attached hydrogens (tertiary/aromatic N) is 1. The molecule has 1 aliphatic rings. The first-order valence-electron chi connectivity index (χ1n) is 6.26. The molecule has 6 heteroatoms. The molecule has 5 nitrogen and oxygen atoms in total. The molecule has 0 spiro atoms. The molecule has 1 aromatic carbocycles. The molecular weight excluding hydrogens is 280 g/mol. The quantitative estimate of drug-likeness (QED) is 0.896. The maximum Gasteiger partial charge on any atom is 0.307 e. The topological polar surface area (TPSA) is 90.2 Å². The Morgan fingerprint density at radius 3 is 2.65 bits per heavy atom. The van der Waals surface area contributed by atoms with Crippen molar-refractivity contribution in [3.63, 3.8) is 0 Å². The lowest BCUT2D eigenvalue weighted by molar-refractivity contribution is -0.145. The van der Waals surface area contributed by atoms with Crippen LogP contribution in [0.25, 0.3) is 0 Å². The van der Waals surface area contributed by atoms with E-state index in [0.717, 1.165) is 6.42 Å². The van der Waals surface area contributed by atoms with Crippen molar-refractivity contribution in [1.82, 2.24) is 0 Å². The van der Waals surface area contributed by atoms with Crippen molar-refractivity contribution in [2.75, 3.05) is 5.32 Å². The van der Waals surface area contributed by atoms with Crippen LogP contribution in [0.5, 0.6) is 0 Å². The van der Waals surface area contributed by atoms with E-state index >= 15 is 0 Å². The minimum Gasteiger partial charge on any atom is -0.481 e. The van der Waals surface area contributed by atoms with Crippen LogP contribution in [0.1, 0.15) is 24.8 Å². The summed E-state index contributed by atoms with van der Waals surface area (Å²) in [5.74, 6) is -2.37. The molecule has 1 amide bonds. The number of amides is 1. The van der Waals surface area contributed by atoms with Crippen LogP contribution in [-0.4, -0.2) is 17.0 Å². The van der Waals surface area contributed by atoms with Crippen LogP contribution in [0.15, 0.2) is 18.2 Å². The molecule has 2 unspecified atom stereocenters. The number of rotatable bonds is 3. The predicted octanol–water partition coefficient (Wildman–Crippen LogP) is 2.65. The summed E-state index contributed by atoms with van der Waals surface area (Å²) in [6.07, 6.45) is 1.84.